The first-order valence-electron chi connectivity index (χ1n) is 11.1. The second-order valence-corrected chi connectivity index (χ2v) is 8.90. The van der Waals surface area contributed by atoms with Crippen molar-refractivity contribution in [2.24, 2.45) is 11.8 Å². The van der Waals surface area contributed by atoms with E-state index in [2.05, 4.69) is 63.9 Å². The minimum Gasteiger partial charge on any atom is -0.336 e. The van der Waals surface area contributed by atoms with E-state index in [0.29, 0.717) is 29.8 Å². The van der Waals surface area contributed by atoms with Gasteiger partial charge in [0.25, 0.3) is 0 Å². The third-order valence-corrected chi connectivity index (χ3v) is 6.60. The second kappa shape index (κ2) is 9.95. The van der Waals surface area contributed by atoms with Crippen LogP contribution < -0.4 is 10.6 Å². The first kappa shape index (κ1) is 21.4. The molecule has 31 heavy (non-hydrogen) atoms. The van der Waals surface area contributed by atoms with Crippen LogP contribution in [-0.4, -0.2) is 55.1 Å². The Morgan fingerprint density at radius 2 is 2.06 bits per heavy atom. The number of hydrogen-bond donors (Lipinski definition) is 2. The van der Waals surface area contributed by atoms with Crippen LogP contribution in [0.15, 0.2) is 54.6 Å². The number of carbonyl (C=O) groups is 1. The lowest BCUT2D eigenvalue weighted by atomic mass is 9.75. The molecule has 0 saturated carbocycles. The molecule has 162 valence electrons. The maximum atomic E-state index is 12.3. The topological polar surface area (TPSA) is 71.4 Å². The normalized spacial score (nSPS) is 24.5. The summed E-state index contributed by atoms with van der Waals surface area (Å²) in [5.41, 5.74) is 2.54. The van der Waals surface area contributed by atoms with Gasteiger partial charge in [0.1, 0.15) is 0 Å². The SMILES string of the molecule is CN(Cc1ccccc1)C[C@H]1CN2CC[C@H]1C[C@@H]2CNC(=O)Nc1cccc(C#N)c1. The Bertz CT molecular complexity index is 925. The zero-order valence-corrected chi connectivity index (χ0v) is 18.1. The van der Waals surface area contributed by atoms with Crippen molar-refractivity contribution in [2.75, 3.05) is 38.5 Å². The Morgan fingerprint density at radius 3 is 2.81 bits per heavy atom. The van der Waals surface area contributed by atoms with Crippen LogP contribution in [0.1, 0.15) is 24.0 Å². The van der Waals surface area contributed by atoms with E-state index >= 15 is 0 Å². The molecule has 2 amide bonds. The van der Waals surface area contributed by atoms with Crippen LogP contribution in [0.25, 0.3) is 0 Å². The molecule has 6 nitrogen and oxygen atoms in total. The maximum absolute atomic E-state index is 12.3. The summed E-state index contributed by atoms with van der Waals surface area (Å²) < 4.78 is 0. The van der Waals surface area contributed by atoms with Gasteiger partial charge in [0.2, 0.25) is 0 Å². The summed E-state index contributed by atoms with van der Waals surface area (Å²) in [6.07, 6.45) is 2.40. The summed E-state index contributed by atoms with van der Waals surface area (Å²) in [6, 6.07) is 19.9. The smallest absolute Gasteiger partial charge is 0.319 e. The molecule has 6 heteroatoms. The van der Waals surface area contributed by atoms with Crippen LogP contribution in [-0.2, 0) is 6.54 Å². The molecule has 4 atom stereocenters. The first-order valence-corrected chi connectivity index (χ1v) is 11.1. The number of nitrogens with one attached hydrogen (secondary N) is 2. The quantitative estimate of drug-likeness (QED) is 0.723. The van der Waals surface area contributed by atoms with E-state index in [1.54, 1.807) is 24.3 Å². The summed E-state index contributed by atoms with van der Waals surface area (Å²) in [7, 11) is 2.22. The van der Waals surface area contributed by atoms with Crippen LogP contribution in [0.5, 0.6) is 0 Å². The summed E-state index contributed by atoms with van der Waals surface area (Å²) in [4.78, 5) is 17.3. The van der Waals surface area contributed by atoms with Crippen LogP contribution in [0, 0.1) is 23.2 Å². The molecule has 0 aliphatic carbocycles. The molecular formula is C25H31N5O. The van der Waals surface area contributed by atoms with E-state index in [-0.39, 0.29) is 6.03 Å². The van der Waals surface area contributed by atoms with E-state index in [0.717, 1.165) is 38.5 Å². The number of benzene rings is 2. The van der Waals surface area contributed by atoms with Crippen LogP contribution in [0.3, 0.4) is 0 Å². The number of nitrogens with zero attached hydrogens (tertiary/aromatic N) is 3. The van der Waals surface area contributed by atoms with Gasteiger partial charge in [-0.25, -0.2) is 4.79 Å². The fourth-order valence-corrected chi connectivity index (χ4v) is 5.08. The van der Waals surface area contributed by atoms with Gasteiger partial charge in [-0.2, -0.15) is 5.26 Å². The number of carbonyl (C=O) groups excluding carboxylic acids is 1. The van der Waals surface area contributed by atoms with Gasteiger partial charge in [0.15, 0.2) is 0 Å². The van der Waals surface area contributed by atoms with Gasteiger partial charge < -0.3 is 15.5 Å². The lowest BCUT2D eigenvalue weighted by molar-refractivity contribution is -0.00889. The van der Waals surface area contributed by atoms with Gasteiger partial charge in [0.05, 0.1) is 11.6 Å². The Morgan fingerprint density at radius 1 is 1.23 bits per heavy atom. The van der Waals surface area contributed by atoms with Crippen LogP contribution >= 0.6 is 0 Å². The molecule has 1 unspecified atom stereocenters. The molecule has 3 aliphatic rings. The molecule has 2 aromatic carbocycles. The molecule has 0 spiro atoms. The van der Waals surface area contributed by atoms with E-state index in [1.807, 2.05) is 0 Å². The number of rotatable bonds is 7. The van der Waals surface area contributed by atoms with Crippen molar-refractivity contribution < 1.29 is 4.79 Å². The lowest BCUT2D eigenvalue weighted by Gasteiger charge is -2.50. The number of nitriles is 1. The van der Waals surface area contributed by atoms with E-state index in [9.17, 15) is 4.79 Å². The molecule has 5 rings (SSSR count). The van der Waals surface area contributed by atoms with Crippen molar-refractivity contribution in [3.8, 4) is 6.07 Å². The summed E-state index contributed by atoms with van der Waals surface area (Å²) in [6.45, 7) is 5.00. The standard InChI is InChI=1S/C25H31N5O/c1-29(16-19-6-3-2-4-7-19)17-22-18-30-11-10-21(22)13-24(30)15-27-25(31)28-23-9-5-8-20(12-23)14-26/h2-9,12,21-22,24H,10-11,13,15-18H2,1H3,(H2,27,28,31)/t21-,22-,24+/m0/s1. The molecule has 0 radical (unpaired) electrons. The lowest BCUT2D eigenvalue weighted by Crippen LogP contribution is -2.58. The van der Waals surface area contributed by atoms with Crippen LogP contribution in [0.4, 0.5) is 10.5 Å². The molecule has 2 N–H and O–H groups in total. The summed E-state index contributed by atoms with van der Waals surface area (Å²) in [5.74, 6) is 1.42. The number of amides is 2. The largest absolute Gasteiger partial charge is 0.336 e. The predicted molar refractivity (Wildman–Crippen MR) is 123 cm³/mol. The van der Waals surface area contributed by atoms with Crippen molar-refractivity contribution in [1.29, 1.82) is 5.26 Å². The Labute approximate surface area is 184 Å². The number of piperidine rings is 3. The van der Waals surface area contributed by atoms with Crippen molar-refractivity contribution >= 4 is 11.7 Å². The van der Waals surface area contributed by atoms with Gasteiger partial charge in [-0.15, -0.1) is 0 Å². The highest BCUT2D eigenvalue weighted by Gasteiger charge is 2.40. The first-order chi connectivity index (χ1) is 15.1. The molecule has 0 aromatic heterocycles. The Hall–Kier alpha value is -2.88. The minimum atomic E-state index is -0.211. The van der Waals surface area contributed by atoms with Gasteiger partial charge in [-0.3, -0.25) is 4.90 Å². The fraction of sp³-hybridized carbons (Fsp3) is 0.440. The van der Waals surface area contributed by atoms with Gasteiger partial charge in [0, 0.05) is 37.9 Å². The van der Waals surface area contributed by atoms with Crippen LogP contribution in [0.2, 0.25) is 0 Å². The third kappa shape index (κ3) is 5.63. The number of hydrogen-bond acceptors (Lipinski definition) is 4. The Kier molecular flexibility index (Phi) is 6.86. The highest BCUT2D eigenvalue weighted by atomic mass is 16.2. The fourth-order valence-electron chi connectivity index (χ4n) is 5.08. The van der Waals surface area contributed by atoms with Crippen molar-refractivity contribution in [2.45, 2.75) is 25.4 Å². The molecule has 3 saturated heterocycles. The second-order valence-electron chi connectivity index (χ2n) is 8.90. The zero-order chi connectivity index (χ0) is 21.6. The Balaban J connectivity index is 1.23. The highest BCUT2D eigenvalue weighted by molar-refractivity contribution is 5.89. The minimum absolute atomic E-state index is 0.211. The number of urea groups is 1. The highest BCUT2D eigenvalue weighted by Crippen LogP contribution is 2.36. The van der Waals surface area contributed by atoms with E-state index in [4.69, 9.17) is 5.26 Å². The van der Waals surface area contributed by atoms with E-state index < -0.39 is 0 Å². The molecule has 3 fully saturated rings. The van der Waals surface area contributed by atoms with Gasteiger partial charge in [-0.05, 0) is 62.0 Å². The monoisotopic (exact) mass is 417 g/mol. The average Bonchev–Trinajstić information content (AvgIpc) is 2.79. The van der Waals surface area contributed by atoms with Gasteiger partial charge in [-0.1, -0.05) is 36.4 Å². The average molecular weight is 418 g/mol. The van der Waals surface area contributed by atoms with Gasteiger partial charge >= 0.3 is 6.03 Å². The van der Waals surface area contributed by atoms with Crippen molar-refractivity contribution in [3.05, 3.63) is 65.7 Å². The van der Waals surface area contributed by atoms with Crippen molar-refractivity contribution in [1.82, 2.24) is 15.1 Å². The molecular weight excluding hydrogens is 386 g/mol. The molecule has 3 heterocycles. The summed E-state index contributed by atoms with van der Waals surface area (Å²) in [5, 5.41) is 14.9. The maximum Gasteiger partial charge on any atom is 0.319 e. The van der Waals surface area contributed by atoms with Crippen molar-refractivity contribution in [3.63, 3.8) is 0 Å². The number of fused-ring (bicyclic) bond motifs is 3. The molecule has 2 bridgehead atoms. The predicted octanol–water partition coefficient (Wildman–Crippen LogP) is 3.52. The number of anilines is 1. The third-order valence-electron chi connectivity index (χ3n) is 6.60. The molecule has 2 aromatic rings. The zero-order valence-electron chi connectivity index (χ0n) is 18.1. The summed E-state index contributed by atoms with van der Waals surface area (Å²) >= 11 is 0. The van der Waals surface area contributed by atoms with E-state index in [1.165, 1.54) is 12.0 Å². The molecule has 3 aliphatic heterocycles.